The Balaban J connectivity index is 1.11. The van der Waals surface area contributed by atoms with Crippen molar-refractivity contribution in [2.45, 2.75) is 0 Å². The average molecular weight is 790 g/mol. The van der Waals surface area contributed by atoms with Gasteiger partial charge in [-0.3, -0.25) is 0 Å². The molecule has 0 radical (unpaired) electrons. The van der Waals surface area contributed by atoms with Crippen LogP contribution in [0.2, 0.25) is 0 Å². The van der Waals surface area contributed by atoms with Crippen LogP contribution in [0.1, 0.15) is 0 Å². The number of fused-ring (bicyclic) bond motifs is 7. The molecule has 1 aromatic heterocycles. The molecule has 62 heavy (non-hydrogen) atoms. The van der Waals surface area contributed by atoms with Crippen LogP contribution in [0.25, 0.3) is 98.8 Å². The maximum Gasteiger partial charge on any atom is 0.137 e. The molecule has 11 aromatic carbocycles. The van der Waals surface area contributed by atoms with Crippen LogP contribution in [0.5, 0.6) is 0 Å². The van der Waals surface area contributed by atoms with Crippen LogP contribution in [-0.2, 0) is 0 Å². The van der Waals surface area contributed by atoms with Gasteiger partial charge in [-0.05, 0) is 114 Å². The van der Waals surface area contributed by atoms with Crippen LogP contribution in [0.3, 0.4) is 0 Å². The Labute approximate surface area is 360 Å². The second-order valence-corrected chi connectivity index (χ2v) is 16.0. The van der Waals surface area contributed by atoms with E-state index in [0.717, 1.165) is 50.1 Å². The molecule has 0 atom stereocenters. The van der Waals surface area contributed by atoms with Gasteiger partial charge in [0, 0.05) is 16.6 Å². The third-order valence-electron chi connectivity index (χ3n) is 12.5. The Morgan fingerprint density at radius 1 is 0.290 bits per heavy atom. The number of furan rings is 1. The summed E-state index contributed by atoms with van der Waals surface area (Å²) >= 11 is 0. The molecular weight excluding hydrogens is 751 g/mol. The maximum absolute atomic E-state index is 6.51. The van der Waals surface area contributed by atoms with Gasteiger partial charge in [0.25, 0.3) is 0 Å². The number of benzene rings is 11. The Hall–Kier alpha value is -8.20. The van der Waals surface area contributed by atoms with Crippen molar-refractivity contribution in [1.29, 1.82) is 0 Å². The van der Waals surface area contributed by atoms with E-state index in [2.05, 4.69) is 235 Å². The molecule has 0 aliphatic heterocycles. The van der Waals surface area contributed by atoms with Crippen molar-refractivity contribution in [3.8, 4) is 44.5 Å². The predicted octanol–water partition coefficient (Wildman–Crippen LogP) is 17.2. The normalized spacial score (nSPS) is 11.5. The van der Waals surface area contributed by atoms with E-state index < -0.39 is 0 Å². The maximum atomic E-state index is 6.51. The van der Waals surface area contributed by atoms with E-state index in [9.17, 15) is 0 Å². The van der Waals surface area contributed by atoms with E-state index in [1.807, 2.05) is 6.07 Å². The summed E-state index contributed by atoms with van der Waals surface area (Å²) in [6.45, 7) is 0. The number of para-hydroxylation sites is 2. The van der Waals surface area contributed by atoms with Crippen molar-refractivity contribution < 1.29 is 4.42 Å². The van der Waals surface area contributed by atoms with Gasteiger partial charge in [0.2, 0.25) is 0 Å². The van der Waals surface area contributed by atoms with Gasteiger partial charge in [-0.1, -0.05) is 194 Å². The lowest BCUT2D eigenvalue weighted by Gasteiger charge is -2.29. The fraction of sp³-hybridized carbons (Fsp3) is 0. The van der Waals surface area contributed by atoms with Crippen LogP contribution in [0, 0.1) is 0 Å². The van der Waals surface area contributed by atoms with Crippen molar-refractivity contribution in [3.63, 3.8) is 0 Å². The van der Waals surface area contributed by atoms with Gasteiger partial charge in [-0.25, -0.2) is 0 Å². The third kappa shape index (κ3) is 5.88. The largest absolute Gasteiger partial charge is 0.456 e. The van der Waals surface area contributed by atoms with Crippen molar-refractivity contribution in [2.24, 2.45) is 0 Å². The van der Waals surface area contributed by atoms with E-state index >= 15 is 0 Å². The van der Waals surface area contributed by atoms with Crippen molar-refractivity contribution in [1.82, 2.24) is 0 Å². The Kier molecular flexibility index (Phi) is 8.53. The molecule has 0 N–H and O–H groups in total. The molecule has 0 aliphatic carbocycles. The van der Waals surface area contributed by atoms with E-state index in [4.69, 9.17) is 4.42 Å². The van der Waals surface area contributed by atoms with E-state index in [1.165, 1.54) is 65.7 Å². The second kappa shape index (κ2) is 14.8. The van der Waals surface area contributed by atoms with Crippen molar-refractivity contribution in [3.05, 3.63) is 237 Å². The lowest BCUT2D eigenvalue weighted by molar-refractivity contribution is 0.669. The minimum absolute atomic E-state index is 0.858. The summed E-state index contributed by atoms with van der Waals surface area (Å²) in [5.41, 5.74) is 14.5. The molecule has 12 aromatic rings. The number of hydrogen-bond donors (Lipinski definition) is 0. The summed E-state index contributed by atoms with van der Waals surface area (Å²) in [6, 6.07) is 85.5. The SMILES string of the molecule is c1ccc(-c2c(-c3ccccc3)c3cc(-c4ccccc4N(c4ccc(-c5cccc6ccccc56)cc4)c4cccc5oc6ccccc6c45)ccc3c3ccccc23)cc1. The highest BCUT2D eigenvalue weighted by Gasteiger charge is 2.23. The highest BCUT2D eigenvalue weighted by Crippen LogP contribution is 2.49. The fourth-order valence-corrected chi connectivity index (χ4v) is 9.70. The zero-order valence-corrected chi connectivity index (χ0v) is 33.9. The molecule has 0 amide bonds. The monoisotopic (exact) mass is 789 g/mol. The minimum Gasteiger partial charge on any atom is -0.456 e. The lowest BCUT2D eigenvalue weighted by atomic mass is 9.84. The summed E-state index contributed by atoms with van der Waals surface area (Å²) in [6.07, 6.45) is 0. The zero-order valence-electron chi connectivity index (χ0n) is 33.9. The Bertz CT molecular complexity index is 3620. The number of anilines is 3. The molecule has 0 bridgehead atoms. The van der Waals surface area contributed by atoms with Gasteiger partial charge >= 0.3 is 0 Å². The number of rotatable bonds is 7. The number of hydrogen-bond acceptors (Lipinski definition) is 2. The molecule has 2 heteroatoms. The molecule has 0 saturated carbocycles. The topological polar surface area (TPSA) is 16.4 Å². The third-order valence-corrected chi connectivity index (χ3v) is 12.5. The molecule has 2 nitrogen and oxygen atoms in total. The van der Waals surface area contributed by atoms with Gasteiger partial charge in [0.05, 0.1) is 16.8 Å². The number of nitrogens with zero attached hydrogens (tertiary/aromatic N) is 1. The molecule has 1 heterocycles. The molecule has 0 aliphatic rings. The van der Waals surface area contributed by atoms with E-state index in [1.54, 1.807) is 0 Å². The first kappa shape index (κ1) is 35.7. The van der Waals surface area contributed by atoms with Crippen molar-refractivity contribution >= 4 is 71.3 Å². The van der Waals surface area contributed by atoms with Gasteiger partial charge < -0.3 is 9.32 Å². The van der Waals surface area contributed by atoms with Gasteiger partial charge in [0.15, 0.2) is 0 Å². The van der Waals surface area contributed by atoms with Crippen molar-refractivity contribution in [2.75, 3.05) is 4.90 Å². The molecular formula is C60H39NO. The smallest absolute Gasteiger partial charge is 0.137 e. The second-order valence-electron chi connectivity index (χ2n) is 16.0. The summed E-state index contributed by atoms with van der Waals surface area (Å²) in [5, 5.41) is 9.59. The predicted molar refractivity (Wildman–Crippen MR) is 263 cm³/mol. The first-order valence-corrected chi connectivity index (χ1v) is 21.3. The van der Waals surface area contributed by atoms with Gasteiger partial charge in [-0.2, -0.15) is 0 Å². The summed E-state index contributed by atoms with van der Waals surface area (Å²) in [4.78, 5) is 2.42. The summed E-state index contributed by atoms with van der Waals surface area (Å²) < 4.78 is 6.51. The fourth-order valence-electron chi connectivity index (χ4n) is 9.70. The Morgan fingerprint density at radius 3 is 1.61 bits per heavy atom. The van der Waals surface area contributed by atoms with Crippen LogP contribution in [0.15, 0.2) is 241 Å². The van der Waals surface area contributed by atoms with E-state index in [-0.39, 0.29) is 0 Å². The molecule has 0 spiro atoms. The molecule has 12 rings (SSSR count). The Morgan fingerprint density at radius 2 is 0.823 bits per heavy atom. The van der Waals surface area contributed by atoms with Crippen LogP contribution >= 0.6 is 0 Å². The standard InChI is InChI=1S/C60H39NO/c1-3-18-42(19-4-1)58-51-26-10-9-25-49(51)50-38-35-44(39-53(50)59(58)43-20-5-2-6-21-43)48-24-11-13-29-54(48)61(55-30-16-32-57-60(55)52-27-12-14-31-56(52)62-57)45-36-33-41(34-37-45)47-28-15-22-40-17-7-8-23-46(40)47/h1-39H. The summed E-state index contributed by atoms with van der Waals surface area (Å²) in [5.74, 6) is 0. The average Bonchev–Trinajstić information content (AvgIpc) is 3.74. The highest BCUT2D eigenvalue weighted by molar-refractivity contribution is 6.22. The van der Waals surface area contributed by atoms with Gasteiger partial charge in [-0.15, -0.1) is 0 Å². The molecule has 0 unspecified atom stereocenters. The molecule has 0 saturated heterocycles. The van der Waals surface area contributed by atoms with Crippen LogP contribution in [0.4, 0.5) is 17.1 Å². The zero-order chi connectivity index (χ0) is 41.0. The molecule has 290 valence electrons. The first-order chi connectivity index (χ1) is 30.8. The highest BCUT2D eigenvalue weighted by atomic mass is 16.3. The van der Waals surface area contributed by atoms with E-state index in [0.29, 0.717) is 0 Å². The molecule has 0 fully saturated rings. The van der Waals surface area contributed by atoms with Crippen LogP contribution in [-0.4, -0.2) is 0 Å². The quantitative estimate of drug-likeness (QED) is 0.150. The van der Waals surface area contributed by atoms with Gasteiger partial charge in [0.1, 0.15) is 11.2 Å². The van der Waals surface area contributed by atoms with Crippen LogP contribution < -0.4 is 4.90 Å². The summed E-state index contributed by atoms with van der Waals surface area (Å²) in [7, 11) is 0. The first-order valence-electron chi connectivity index (χ1n) is 21.3. The lowest BCUT2D eigenvalue weighted by Crippen LogP contribution is -2.11. The minimum atomic E-state index is 0.858.